The SMILES string of the molecule is COc1ccc(NC(=O)C2=C(C(F)(F)F)OCCO2)cc1. The van der Waals surface area contributed by atoms with E-state index in [1.807, 2.05) is 0 Å². The maximum Gasteiger partial charge on any atom is 0.453 e. The van der Waals surface area contributed by atoms with Crippen molar-refractivity contribution in [1.29, 1.82) is 0 Å². The van der Waals surface area contributed by atoms with Crippen molar-refractivity contribution in [2.45, 2.75) is 6.18 Å². The third-order valence-corrected chi connectivity index (χ3v) is 2.59. The van der Waals surface area contributed by atoms with Crippen LogP contribution in [-0.4, -0.2) is 32.4 Å². The van der Waals surface area contributed by atoms with Gasteiger partial charge in [0.05, 0.1) is 7.11 Å². The van der Waals surface area contributed by atoms with Crippen molar-refractivity contribution >= 4 is 11.6 Å². The zero-order chi connectivity index (χ0) is 15.5. The lowest BCUT2D eigenvalue weighted by molar-refractivity contribution is -0.151. The molecule has 0 unspecified atom stereocenters. The Morgan fingerprint density at radius 2 is 1.81 bits per heavy atom. The van der Waals surface area contributed by atoms with Crippen LogP contribution in [-0.2, 0) is 14.3 Å². The molecule has 0 saturated heterocycles. The number of hydrogen-bond acceptors (Lipinski definition) is 4. The first-order valence-electron chi connectivity index (χ1n) is 5.94. The Kier molecular flexibility index (Phi) is 4.25. The first kappa shape index (κ1) is 15.0. The normalized spacial score (nSPS) is 15.0. The van der Waals surface area contributed by atoms with E-state index in [9.17, 15) is 18.0 Å². The number of nitrogens with one attached hydrogen (secondary N) is 1. The Balaban J connectivity index is 2.19. The van der Waals surface area contributed by atoms with Gasteiger partial charge in [0.2, 0.25) is 11.5 Å². The maximum absolute atomic E-state index is 12.7. The summed E-state index contributed by atoms with van der Waals surface area (Å²) in [4.78, 5) is 11.9. The number of hydrogen-bond donors (Lipinski definition) is 1. The number of methoxy groups -OCH3 is 1. The summed E-state index contributed by atoms with van der Waals surface area (Å²) in [5.41, 5.74) is 0.309. The number of ether oxygens (including phenoxy) is 3. The van der Waals surface area contributed by atoms with Crippen molar-refractivity contribution < 1.29 is 32.2 Å². The molecule has 0 fully saturated rings. The van der Waals surface area contributed by atoms with E-state index in [1.54, 1.807) is 12.1 Å². The first-order chi connectivity index (χ1) is 9.91. The van der Waals surface area contributed by atoms with Gasteiger partial charge in [0, 0.05) is 5.69 Å². The molecule has 2 rings (SSSR count). The summed E-state index contributed by atoms with van der Waals surface area (Å²) >= 11 is 0. The highest BCUT2D eigenvalue weighted by Crippen LogP contribution is 2.32. The van der Waals surface area contributed by atoms with Crippen LogP contribution in [0.3, 0.4) is 0 Å². The van der Waals surface area contributed by atoms with Crippen LogP contribution < -0.4 is 10.1 Å². The largest absolute Gasteiger partial charge is 0.497 e. The second kappa shape index (κ2) is 5.94. The molecule has 1 aromatic rings. The molecule has 0 bridgehead atoms. The first-order valence-corrected chi connectivity index (χ1v) is 5.94. The zero-order valence-corrected chi connectivity index (χ0v) is 11.0. The fraction of sp³-hybridized carbons (Fsp3) is 0.308. The Bertz CT molecular complexity index is 552. The molecule has 1 aromatic carbocycles. The summed E-state index contributed by atoms with van der Waals surface area (Å²) in [6.45, 7) is -0.376. The highest BCUT2D eigenvalue weighted by molar-refractivity contribution is 6.02. The van der Waals surface area contributed by atoms with Gasteiger partial charge in [0.25, 0.3) is 5.91 Å². The minimum absolute atomic E-state index is 0.120. The quantitative estimate of drug-likeness (QED) is 0.932. The van der Waals surface area contributed by atoms with Gasteiger partial charge in [-0.15, -0.1) is 0 Å². The fourth-order valence-corrected chi connectivity index (χ4v) is 1.66. The van der Waals surface area contributed by atoms with Gasteiger partial charge >= 0.3 is 6.18 Å². The Labute approximate surface area is 118 Å². The van der Waals surface area contributed by atoms with Crippen molar-refractivity contribution in [3.05, 3.63) is 35.8 Å². The van der Waals surface area contributed by atoms with Crippen LogP contribution in [0.1, 0.15) is 0 Å². The lowest BCUT2D eigenvalue weighted by atomic mass is 10.2. The molecular formula is C13H12F3NO4. The molecule has 1 aliphatic heterocycles. The predicted molar refractivity (Wildman–Crippen MR) is 66.6 cm³/mol. The standard InChI is InChI=1S/C13H12F3NO4/c1-19-9-4-2-8(3-5-9)17-12(18)10-11(13(14,15)16)21-7-6-20-10/h2-5H,6-7H2,1H3,(H,17,18). The number of benzene rings is 1. The van der Waals surface area contributed by atoms with E-state index in [0.717, 1.165) is 0 Å². The summed E-state index contributed by atoms with van der Waals surface area (Å²) < 4.78 is 52.4. The Morgan fingerprint density at radius 3 is 2.38 bits per heavy atom. The molecule has 0 aliphatic carbocycles. The number of carbonyl (C=O) groups excluding carboxylic acids is 1. The molecule has 21 heavy (non-hydrogen) atoms. The van der Waals surface area contributed by atoms with Gasteiger partial charge in [0.1, 0.15) is 19.0 Å². The molecule has 0 atom stereocenters. The molecule has 8 heteroatoms. The van der Waals surface area contributed by atoms with E-state index in [4.69, 9.17) is 9.47 Å². The lowest BCUT2D eigenvalue weighted by Gasteiger charge is -2.22. The molecule has 5 nitrogen and oxygen atoms in total. The number of amides is 1. The number of allylic oxidation sites excluding steroid dienone is 1. The molecule has 0 aromatic heterocycles. The van der Waals surface area contributed by atoms with E-state index < -0.39 is 23.6 Å². The highest BCUT2D eigenvalue weighted by Gasteiger charge is 2.43. The average Bonchev–Trinajstić information content (AvgIpc) is 2.47. The van der Waals surface area contributed by atoms with E-state index in [0.29, 0.717) is 11.4 Å². The van der Waals surface area contributed by atoms with Crippen molar-refractivity contribution in [2.75, 3.05) is 25.6 Å². The monoisotopic (exact) mass is 303 g/mol. The molecular weight excluding hydrogens is 291 g/mol. The minimum Gasteiger partial charge on any atom is -0.497 e. The van der Waals surface area contributed by atoms with E-state index in [1.165, 1.54) is 19.2 Å². The number of alkyl halides is 3. The molecule has 1 N–H and O–H groups in total. The van der Waals surface area contributed by atoms with Crippen LogP contribution in [0, 0.1) is 0 Å². The van der Waals surface area contributed by atoms with E-state index in [-0.39, 0.29) is 13.2 Å². The van der Waals surface area contributed by atoms with Gasteiger partial charge < -0.3 is 19.5 Å². The van der Waals surface area contributed by atoms with Crippen molar-refractivity contribution in [1.82, 2.24) is 0 Å². The lowest BCUT2D eigenvalue weighted by Crippen LogP contribution is -2.30. The van der Waals surface area contributed by atoms with Crippen LogP contribution in [0.2, 0.25) is 0 Å². The Morgan fingerprint density at radius 1 is 1.19 bits per heavy atom. The molecule has 0 spiro atoms. The van der Waals surface area contributed by atoms with Crippen molar-refractivity contribution in [2.24, 2.45) is 0 Å². The number of carbonyl (C=O) groups is 1. The molecule has 1 heterocycles. The van der Waals surface area contributed by atoms with Gasteiger partial charge in [-0.1, -0.05) is 0 Å². The van der Waals surface area contributed by atoms with Gasteiger partial charge in [-0.05, 0) is 24.3 Å². The molecule has 0 radical (unpaired) electrons. The van der Waals surface area contributed by atoms with Gasteiger partial charge in [-0.3, -0.25) is 4.79 Å². The van der Waals surface area contributed by atoms with E-state index in [2.05, 4.69) is 10.1 Å². The zero-order valence-electron chi connectivity index (χ0n) is 11.0. The summed E-state index contributed by atoms with van der Waals surface area (Å²) in [6, 6.07) is 6.11. The molecule has 1 aliphatic rings. The average molecular weight is 303 g/mol. The number of halogens is 3. The van der Waals surface area contributed by atoms with Crippen molar-refractivity contribution in [3.8, 4) is 5.75 Å². The second-order valence-corrected chi connectivity index (χ2v) is 4.04. The number of rotatable bonds is 3. The van der Waals surface area contributed by atoms with Crippen LogP contribution in [0.5, 0.6) is 5.75 Å². The van der Waals surface area contributed by atoms with Gasteiger partial charge in [0.15, 0.2) is 0 Å². The van der Waals surface area contributed by atoms with E-state index >= 15 is 0 Å². The van der Waals surface area contributed by atoms with Gasteiger partial charge in [-0.25, -0.2) is 0 Å². The predicted octanol–water partition coefficient (Wildman–Crippen LogP) is 2.45. The highest BCUT2D eigenvalue weighted by atomic mass is 19.4. The van der Waals surface area contributed by atoms with Crippen LogP contribution in [0.15, 0.2) is 35.8 Å². The Hall–Kier alpha value is -2.38. The summed E-state index contributed by atoms with van der Waals surface area (Å²) in [6.07, 6.45) is -4.78. The third kappa shape index (κ3) is 3.59. The third-order valence-electron chi connectivity index (χ3n) is 2.59. The van der Waals surface area contributed by atoms with Gasteiger partial charge in [-0.2, -0.15) is 13.2 Å². The van der Waals surface area contributed by atoms with Crippen molar-refractivity contribution in [3.63, 3.8) is 0 Å². The fourth-order valence-electron chi connectivity index (χ4n) is 1.66. The summed E-state index contributed by atoms with van der Waals surface area (Å²) in [7, 11) is 1.47. The number of anilines is 1. The van der Waals surface area contributed by atoms with Crippen LogP contribution >= 0.6 is 0 Å². The maximum atomic E-state index is 12.7. The topological polar surface area (TPSA) is 56.8 Å². The minimum atomic E-state index is -4.78. The molecule has 0 saturated carbocycles. The van der Waals surface area contributed by atoms with Crippen LogP contribution in [0.25, 0.3) is 0 Å². The molecule has 114 valence electrons. The van der Waals surface area contributed by atoms with Crippen LogP contribution in [0.4, 0.5) is 18.9 Å². The molecule has 1 amide bonds. The smallest absolute Gasteiger partial charge is 0.453 e. The second-order valence-electron chi connectivity index (χ2n) is 4.04. The summed E-state index contributed by atoms with van der Waals surface area (Å²) in [5, 5.41) is 2.31. The summed E-state index contributed by atoms with van der Waals surface area (Å²) in [5.74, 6) is -2.75.